The van der Waals surface area contributed by atoms with Crippen molar-refractivity contribution < 1.29 is 18.1 Å². The summed E-state index contributed by atoms with van der Waals surface area (Å²) in [6, 6.07) is 6.55. The van der Waals surface area contributed by atoms with Crippen LogP contribution in [0.1, 0.15) is 17.3 Å². The molecule has 2 N–H and O–H groups in total. The minimum Gasteiger partial charge on any atom is -0.332 e. The van der Waals surface area contributed by atoms with Crippen molar-refractivity contribution in [3.05, 3.63) is 29.8 Å². The zero-order chi connectivity index (χ0) is 15.5. The van der Waals surface area contributed by atoms with E-state index in [1.54, 1.807) is 24.3 Å². The molecular formula is C14H22N3O3S+. The van der Waals surface area contributed by atoms with Crippen LogP contribution in [0.2, 0.25) is 0 Å². The first-order valence-electron chi connectivity index (χ1n) is 7.10. The van der Waals surface area contributed by atoms with Crippen LogP contribution < -0.4 is 9.62 Å². The van der Waals surface area contributed by atoms with Crippen molar-refractivity contribution in [2.24, 2.45) is 0 Å². The lowest BCUT2D eigenvalue weighted by Crippen LogP contribution is -3.14. The summed E-state index contributed by atoms with van der Waals surface area (Å²) >= 11 is 0. The number of amides is 1. The summed E-state index contributed by atoms with van der Waals surface area (Å²) in [6.45, 7) is 6.75. The largest absolute Gasteiger partial charge is 0.332 e. The maximum absolute atomic E-state index is 12.4. The summed E-state index contributed by atoms with van der Waals surface area (Å²) in [5.74, 6) is 0.0102. The number of nitrogens with zero attached hydrogens (tertiary/aromatic N) is 1. The highest BCUT2D eigenvalue weighted by molar-refractivity contribution is 7.92. The van der Waals surface area contributed by atoms with Gasteiger partial charge in [0.1, 0.15) is 0 Å². The summed E-state index contributed by atoms with van der Waals surface area (Å²) in [7, 11) is -3.29. The third-order valence-corrected chi connectivity index (χ3v) is 4.30. The van der Waals surface area contributed by atoms with Crippen molar-refractivity contribution in [1.82, 2.24) is 4.90 Å². The van der Waals surface area contributed by atoms with E-state index in [1.165, 1.54) is 4.90 Å². The van der Waals surface area contributed by atoms with Crippen molar-refractivity contribution in [1.29, 1.82) is 0 Å². The first kappa shape index (κ1) is 15.8. The molecule has 2 rings (SSSR count). The van der Waals surface area contributed by atoms with Gasteiger partial charge in [-0.25, -0.2) is 8.42 Å². The molecule has 1 aliphatic heterocycles. The monoisotopic (exact) mass is 312 g/mol. The van der Waals surface area contributed by atoms with E-state index in [1.807, 2.05) is 4.90 Å². The zero-order valence-electron chi connectivity index (χ0n) is 12.4. The Balaban J connectivity index is 2.00. The minimum atomic E-state index is -3.29. The van der Waals surface area contributed by atoms with Crippen molar-refractivity contribution in [3.63, 3.8) is 0 Å². The molecule has 0 aromatic heterocycles. The number of carbonyl (C=O) groups excluding carboxylic acids is 1. The standard InChI is InChI=1S/C14H21N3O3S/c1-3-16-8-10-17(11-9-16)14(18)12-4-6-13(7-5-12)15-21(2,19)20/h4-7,15H,3,8-11H2,1-2H3/p+1. The van der Waals surface area contributed by atoms with E-state index >= 15 is 0 Å². The average molecular weight is 312 g/mol. The molecule has 1 saturated heterocycles. The number of sulfonamides is 1. The molecule has 1 aliphatic rings. The lowest BCUT2D eigenvalue weighted by atomic mass is 10.1. The van der Waals surface area contributed by atoms with Gasteiger partial charge in [-0.3, -0.25) is 9.52 Å². The maximum Gasteiger partial charge on any atom is 0.254 e. The Kier molecular flexibility index (Phi) is 4.84. The molecule has 0 saturated carbocycles. The zero-order valence-corrected chi connectivity index (χ0v) is 13.2. The Morgan fingerprint density at radius 3 is 2.29 bits per heavy atom. The van der Waals surface area contributed by atoms with Crippen molar-refractivity contribution >= 4 is 21.6 Å². The van der Waals surface area contributed by atoms with E-state index in [-0.39, 0.29) is 5.91 Å². The fraction of sp³-hybridized carbons (Fsp3) is 0.500. The predicted molar refractivity (Wildman–Crippen MR) is 82.0 cm³/mol. The molecule has 0 spiro atoms. The van der Waals surface area contributed by atoms with Gasteiger partial charge in [0.05, 0.1) is 39.0 Å². The number of anilines is 1. The Morgan fingerprint density at radius 2 is 1.81 bits per heavy atom. The third kappa shape index (κ3) is 4.44. The predicted octanol–water partition coefficient (Wildman–Crippen LogP) is -0.581. The molecule has 0 atom stereocenters. The molecule has 0 unspecified atom stereocenters. The SMILES string of the molecule is CC[NH+]1CCN(C(=O)c2ccc(NS(C)(=O)=O)cc2)CC1. The number of hydrogen-bond acceptors (Lipinski definition) is 3. The number of piperazine rings is 1. The molecule has 116 valence electrons. The van der Waals surface area contributed by atoms with Gasteiger partial charge in [-0.1, -0.05) is 0 Å². The normalized spacial score (nSPS) is 16.8. The van der Waals surface area contributed by atoms with E-state index in [9.17, 15) is 13.2 Å². The van der Waals surface area contributed by atoms with Gasteiger partial charge in [-0.05, 0) is 31.2 Å². The smallest absolute Gasteiger partial charge is 0.254 e. The fourth-order valence-corrected chi connectivity index (χ4v) is 3.02. The van der Waals surface area contributed by atoms with E-state index < -0.39 is 10.0 Å². The Labute approximate surface area is 125 Å². The van der Waals surface area contributed by atoms with Crippen LogP contribution in [0.25, 0.3) is 0 Å². The van der Waals surface area contributed by atoms with E-state index in [0.717, 1.165) is 39.0 Å². The van der Waals surface area contributed by atoms with Crippen LogP contribution in [0.5, 0.6) is 0 Å². The lowest BCUT2D eigenvalue weighted by molar-refractivity contribution is -0.902. The van der Waals surface area contributed by atoms with E-state index in [2.05, 4.69) is 11.6 Å². The van der Waals surface area contributed by atoms with Gasteiger partial charge < -0.3 is 9.80 Å². The second kappa shape index (κ2) is 6.44. The topological polar surface area (TPSA) is 70.9 Å². The second-order valence-corrected chi connectivity index (χ2v) is 7.10. The molecular weight excluding hydrogens is 290 g/mol. The highest BCUT2D eigenvalue weighted by Crippen LogP contribution is 2.12. The maximum atomic E-state index is 12.4. The third-order valence-electron chi connectivity index (χ3n) is 3.69. The van der Waals surface area contributed by atoms with Gasteiger partial charge >= 0.3 is 0 Å². The molecule has 1 aromatic rings. The van der Waals surface area contributed by atoms with Gasteiger partial charge in [0.2, 0.25) is 10.0 Å². The highest BCUT2D eigenvalue weighted by Gasteiger charge is 2.23. The molecule has 1 fully saturated rings. The summed E-state index contributed by atoms with van der Waals surface area (Å²) < 4.78 is 24.7. The number of quaternary nitrogens is 1. The fourth-order valence-electron chi connectivity index (χ4n) is 2.46. The number of hydrogen-bond donors (Lipinski definition) is 2. The summed E-state index contributed by atoms with van der Waals surface area (Å²) in [5.41, 5.74) is 1.06. The van der Waals surface area contributed by atoms with Gasteiger partial charge in [0.25, 0.3) is 5.91 Å². The van der Waals surface area contributed by atoms with Gasteiger partial charge in [-0.15, -0.1) is 0 Å². The molecule has 0 radical (unpaired) electrons. The summed E-state index contributed by atoms with van der Waals surface area (Å²) in [4.78, 5) is 15.7. The first-order chi connectivity index (χ1) is 9.89. The van der Waals surface area contributed by atoms with E-state index in [4.69, 9.17) is 0 Å². The Morgan fingerprint density at radius 1 is 1.24 bits per heavy atom. The van der Waals surface area contributed by atoms with Crippen LogP contribution in [0.15, 0.2) is 24.3 Å². The molecule has 7 heteroatoms. The van der Waals surface area contributed by atoms with Crippen molar-refractivity contribution in [2.45, 2.75) is 6.92 Å². The van der Waals surface area contributed by atoms with E-state index in [0.29, 0.717) is 11.3 Å². The van der Waals surface area contributed by atoms with Gasteiger partial charge in [-0.2, -0.15) is 0 Å². The number of rotatable bonds is 4. The Hall–Kier alpha value is -1.60. The average Bonchev–Trinajstić information content (AvgIpc) is 2.46. The van der Waals surface area contributed by atoms with Gasteiger partial charge in [0, 0.05) is 11.3 Å². The molecule has 1 amide bonds. The molecule has 1 heterocycles. The number of likely N-dealkylation sites (N-methyl/N-ethyl adjacent to an activating group) is 1. The van der Waals surface area contributed by atoms with Crippen LogP contribution in [-0.2, 0) is 10.0 Å². The highest BCUT2D eigenvalue weighted by atomic mass is 32.2. The van der Waals surface area contributed by atoms with Crippen LogP contribution in [0.4, 0.5) is 5.69 Å². The van der Waals surface area contributed by atoms with Crippen LogP contribution in [0.3, 0.4) is 0 Å². The van der Waals surface area contributed by atoms with Crippen molar-refractivity contribution in [3.8, 4) is 0 Å². The quantitative estimate of drug-likeness (QED) is 0.781. The van der Waals surface area contributed by atoms with Gasteiger partial charge in [0.15, 0.2) is 0 Å². The number of benzene rings is 1. The molecule has 0 aliphatic carbocycles. The number of carbonyl (C=O) groups is 1. The molecule has 1 aromatic carbocycles. The van der Waals surface area contributed by atoms with Crippen LogP contribution in [0, 0.1) is 0 Å². The van der Waals surface area contributed by atoms with Crippen molar-refractivity contribution in [2.75, 3.05) is 43.7 Å². The Bertz CT molecular complexity index is 590. The van der Waals surface area contributed by atoms with Crippen LogP contribution in [-0.4, -0.2) is 58.2 Å². The molecule has 0 bridgehead atoms. The summed E-state index contributed by atoms with van der Waals surface area (Å²) in [5, 5.41) is 0. The first-order valence-corrected chi connectivity index (χ1v) is 8.99. The van der Waals surface area contributed by atoms with Crippen LogP contribution >= 0.6 is 0 Å². The minimum absolute atomic E-state index is 0.0102. The summed E-state index contributed by atoms with van der Waals surface area (Å²) in [6.07, 6.45) is 1.10. The lowest BCUT2D eigenvalue weighted by Gasteiger charge is -2.31. The molecule has 21 heavy (non-hydrogen) atoms. The second-order valence-electron chi connectivity index (χ2n) is 5.35. The number of nitrogens with one attached hydrogen (secondary N) is 2. The molecule has 6 nitrogen and oxygen atoms in total.